The molecule has 0 bridgehead atoms. The van der Waals surface area contributed by atoms with Crippen LogP contribution in [0.1, 0.15) is 21.7 Å². The van der Waals surface area contributed by atoms with Crippen molar-refractivity contribution in [3.05, 3.63) is 69.9 Å². The van der Waals surface area contributed by atoms with Crippen molar-refractivity contribution in [1.82, 2.24) is 0 Å². The third-order valence-corrected chi connectivity index (χ3v) is 3.51. The SMILES string of the molecule is Cc1cc(C(=O)c2cc3cccc(Cl)c3o2)c(F)cc1F. The van der Waals surface area contributed by atoms with Gasteiger partial charge in [0.15, 0.2) is 11.3 Å². The minimum absolute atomic E-state index is 0.0389. The van der Waals surface area contributed by atoms with Gasteiger partial charge >= 0.3 is 0 Å². The smallest absolute Gasteiger partial charge is 0.231 e. The van der Waals surface area contributed by atoms with Gasteiger partial charge in [-0.25, -0.2) is 8.78 Å². The lowest BCUT2D eigenvalue weighted by atomic mass is 10.0. The van der Waals surface area contributed by atoms with E-state index in [9.17, 15) is 13.6 Å². The molecule has 3 rings (SSSR count). The molecule has 0 N–H and O–H groups in total. The Morgan fingerprint density at radius 1 is 1.14 bits per heavy atom. The Bertz CT molecular complexity index is 868. The van der Waals surface area contributed by atoms with E-state index in [0.717, 1.165) is 0 Å². The topological polar surface area (TPSA) is 30.2 Å². The Kier molecular flexibility index (Phi) is 3.26. The first kappa shape index (κ1) is 13.8. The van der Waals surface area contributed by atoms with Gasteiger partial charge in [-0.1, -0.05) is 23.7 Å². The van der Waals surface area contributed by atoms with E-state index in [-0.39, 0.29) is 16.9 Å². The lowest BCUT2D eigenvalue weighted by Gasteiger charge is -2.03. The summed E-state index contributed by atoms with van der Waals surface area (Å²) in [6.07, 6.45) is 0. The monoisotopic (exact) mass is 306 g/mol. The second-order valence-corrected chi connectivity index (χ2v) is 5.09. The highest BCUT2D eigenvalue weighted by atomic mass is 35.5. The Hall–Kier alpha value is -2.20. The van der Waals surface area contributed by atoms with Crippen LogP contribution in [0.4, 0.5) is 8.78 Å². The second-order valence-electron chi connectivity index (χ2n) is 4.68. The van der Waals surface area contributed by atoms with E-state index in [2.05, 4.69) is 0 Å². The van der Waals surface area contributed by atoms with Crippen LogP contribution < -0.4 is 0 Å². The average molecular weight is 307 g/mol. The highest BCUT2D eigenvalue weighted by Gasteiger charge is 2.20. The van der Waals surface area contributed by atoms with E-state index in [0.29, 0.717) is 22.1 Å². The maximum Gasteiger partial charge on any atom is 0.231 e. The minimum atomic E-state index is -0.922. The van der Waals surface area contributed by atoms with Crippen LogP contribution in [0.5, 0.6) is 0 Å². The van der Waals surface area contributed by atoms with Gasteiger partial charge in [-0.2, -0.15) is 0 Å². The van der Waals surface area contributed by atoms with Crippen molar-refractivity contribution in [2.75, 3.05) is 0 Å². The van der Waals surface area contributed by atoms with Crippen molar-refractivity contribution >= 4 is 28.4 Å². The molecule has 1 aromatic heterocycles. The van der Waals surface area contributed by atoms with Crippen LogP contribution in [0, 0.1) is 18.6 Å². The largest absolute Gasteiger partial charge is 0.451 e. The molecule has 3 aromatic rings. The Labute approximate surface area is 123 Å². The number of hydrogen-bond donors (Lipinski definition) is 0. The Morgan fingerprint density at radius 2 is 1.90 bits per heavy atom. The summed E-state index contributed by atoms with van der Waals surface area (Å²) in [7, 11) is 0. The third kappa shape index (κ3) is 2.32. The number of halogens is 3. The normalized spacial score (nSPS) is 11.0. The number of para-hydroxylation sites is 1. The maximum atomic E-state index is 13.8. The van der Waals surface area contributed by atoms with E-state index >= 15 is 0 Å². The van der Waals surface area contributed by atoms with Gasteiger partial charge < -0.3 is 4.42 Å². The highest BCUT2D eigenvalue weighted by Crippen LogP contribution is 2.28. The first-order valence-corrected chi connectivity index (χ1v) is 6.53. The molecule has 0 spiro atoms. The summed E-state index contributed by atoms with van der Waals surface area (Å²) >= 11 is 5.97. The molecule has 106 valence electrons. The van der Waals surface area contributed by atoms with E-state index in [1.807, 2.05) is 0 Å². The highest BCUT2D eigenvalue weighted by molar-refractivity contribution is 6.35. The second kappa shape index (κ2) is 4.97. The Morgan fingerprint density at radius 3 is 2.62 bits per heavy atom. The number of aryl methyl sites for hydroxylation is 1. The van der Waals surface area contributed by atoms with Gasteiger partial charge in [-0.3, -0.25) is 4.79 Å². The quantitative estimate of drug-likeness (QED) is 0.630. The number of carbonyl (C=O) groups is 1. The predicted octanol–water partition coefficient (Wildman–Crippen LogP) is 4.90. The standard InChI is InChI=1S/C16H9ClF2O2/c1-8-5-10(13(19)7-12(8)18)15(20)14-6-9-3-2-4-11(17)16(9)21-14/h2-7H,1H3. The van der Waals surface area contributed by atoms with Crippen LogP contribution in [0.3, 0.4) is 0 Å². The molecule has 0 amide bonds. The van der Waals surface area contributed by atoms with E-state index < -0.39 is 17.4 Å². The number of ketones is 1. The lowest BCUT2D eigenvalue weighted by molar-refractivity contribution is 0.101. The summed E-state index contributed by atoms with van der Waals surface area (Å²) in [5.41, 5.74) is 0.319. The Balaban J connectivity index is 2.12. The van der Waals surface area contributed by atoms with Crippen molar-refractivity contribution in [1.29, 1.82) is 0 Å². The molecule has 0 saturated carbocycles. The number of hydrogen-bond acceptors (Lipinski definition) is 2. The van der Waals surface area contributed by atoms with Crippen LogP contribution in [0.25, 0.3) is 11.0 Å². The van der Waals surface area contributed by atoms with Gasteiger partial charge in [-0.05, 0) is 30.7 Å². The van der Waals surface area contributed by atoms with Crippen molar-refractivity contribution in [3.63, 3.8) is 0 Å². The van der Waals surface area contributed by atoms with Crippen molar-refractivity contribution < 1.29 is 18.0 Å². The summed E-state index contributed by atoms with van der Waals surface area (Å²) < 4.78 is 32.4. The molecular weight excluding hydrogens is 298 g/mol. The molecule has 2 nitrogen and oxygen atoms in total. The fourth-order valence-corrected chi connectivity index (χ4v) is 2.32. The van der Waals surface area contributed by atoms with E-state index in [1.165, 1.54) is 19.1 Å². The third-order valence-electron chi connectivity index (χ3n) is 3.21. The summed E-state index contributed by atoms with van der Waals surface area (Å²) in [6, 6.07) is 8.43. The fourth-order valence-electron chi connectivity index (χ4n) is 2.10. The van der Waals surface area contributed by atoms with Gasteiger partial charge in [0.25, 0.3) is 0 Å². The zero-order chi connectivity index (χ0) is 15.1. The van der Waals surface area contributed by atoms with Gasteiger partial charge in [0.05, 0.1) is 10.6 Å². The molecule has 5 heteroatoms. The van der Waals surface area contributed by atoms with E-state index in [4.69, 9.17) is 16.0 Å². The molecule has 0 unspecified atom stereocenters. The number of fused-ring (bicyclic) bond motifs is 1. The molecular formula is C16H9ClF2O2. The summed E-state index contributed by atoms with van der Waals surface area (Å²) in [4.78, 5) is 12.3. The van der Waals surface area contributed by atoms with Crippen molar-refractivity contribution in [2.45, 2.75) is 6.92 Å². The van der Waals surface area contributed by atoms with Crippen LogP contribution in [0.15, 0.2) is 40.8 Å². The van der Waals surface area contributed by atoms with Gasteiger partial charge in [0.2, 0.25) is 5.78 Å². The summed E-state index contributed by atoms with van der Waals surface area (Å²) in [5.74, 6) is -2.31. The van der Waals surface area contributed by atoms with Crippen LogP contribution in [0.2, 0.25) is 5.02 Å². The molecule has 0 fully saturated rings. The molecule has 0 aliphatic carbocycles. The zero-order valence-corrected chi connectivity index (χ0v) is 11.7. The molecule has 0 radical (unpaired) electrons. The number of furan rings is 1. The van der Waals surface area contributed by atoms with Crippen molar-refractivity contribution in [3.8, 4) is 0 Å². The minimum Gasteiger partial charge on any atom is -0.451 e. The van der Waals surface area contributed by atoms with Gasteiger partial charge in [0, 0.05) is 11.5 Å². The zero-order valence-electron chi connectivity index (χ0n) is 10.9. The van der Waals surface area contributed by atoms with Gasteiger partial charge in [0.1, 0.15) is 11.6 Å². The van der Waals surface area contributed by atoms with Crippen LogP contribution in [-0.2, 0) is 0 Å². The molecule has 0 saturated heterocycles. The molecule has 21 heavy (non-hydrogen) atoms. The maximum absolute atomic E-state index is 13.8. The molecule has 1 heterocycles. The molecule has 0 atom stereocenters. The number of rotatable bonds is 2. The molecule has 0 aliphatic heterocycles. The van der Waals surface area contributed by atoms with Gasteiger partial charge in [-0.15, -0.1) is 0 Å². The first-order chi connectivity index (χ1) is 9.97. The summed E-state index contributed by atoms with van der Waals surface area (Å²) in [6.45, 7) is 1.46. The van der Waals surface area contributed by atoms with Crippen LogP contribution in [-0.4, -0.2) is 5.78 Å². The lowest BCUT2D eigenvalue weighted by Crippen LogP contribution is -2.04. The van der Waals surface area contributed by atoms with Crippen molar-refractivity contribution in [2.24, 2.45) is 0 Å². The van der Waals surface area contributed by atoms with Crippen LogP contribution >= 0.6 is 11.6 Å². The predicted molar refractivity (Wildman–Crippen MR) is 75.8 cm³/mol. The van der Waals surface area contributed by atoms with E-state index in [1.54, 1.807) is 18.2 Å². The summed E-state index contributed by atoms with van der Waals surface area (Å²) in [5, 5.41) is 1.01. The fraction of sp³-hybridized carbons (Fsp3) is 0.0625. The average Bonchev–Trinajstić information content (AvgIpc) is 2.87. The first-order valence-electron chi connectivity index (χ1n) is 6.16. The number of carbonyl (C=O) groups excluding carboxylic acids is 1. The molecule has 2 aromatic carbocycles. The molecule has 0 aliphatic rings. The number of benzene rings is 2.